The van der Waals surface area contributed by atoms with Crippen LogP contribution >= 0.6 is 0 Å². The fraction of sp³-hybridized carbons (Fsp3) is 0.909. The van der Waals surface area contributed by atoms with E-state index < -0.39 is 37.3 Å². The van der Waals surface area contributed by atoms with Crippen LogP contribution < -0.4 is 11.1 Å². The van der Waals surface area contributed by atoms with Gasteiger partial charge in [0, 0.05) is 6.92 Å². The van der Waals surface area contributed by atoms with Crippen molar-refractivity contribution in [2.45, 2.75) is 44.0 Å². The first-order valence-electron chi connectivity index (χ1n) is 6.22. The fourth-order valence-corrected chi connectivity index (χ4v) is 1.90. The first kappa shape index (κ1) is 16.3. The number of nitrogens with one attached hydrogen (secondary N) is 1. The Morgan fingerprint density at radius 2 is 2.11 bits per heavy atom. The first-order chi connectivity index (χ1) is 9.01. The van der Waals surface area contributed by atoms with Gasteiger partial charge in [0.15, 0.2) is 6.29 Å². The summed E-state index contributed by atoms with van der Waals surface area (Å²) in [5.41, 5.74) is 5.34. The number of aliphatic hydroxyl groups excluding tert-OH is 3. The number of rotatable bonds is 6. The van der Waals surface area contributed by atoms with E-state index in [0.717, 1.165) is 0 Å². The zero-order valence-electron chi connectivity index (χ0n) is 10.9. The third-order valence-electron chi connectivity index (χ3n) is 2.88. The maximum Gasteiger partial charge on any atom is 0.217 e. The molecule has 1 aliphatic rings. The Balaban J connectivity index is 2.71. The van der Waals surface area contributed by atoms with Crippen molar-refractivity contribution in [3.05, 3.63) is 0 Å². The van der Waals surface area contributed by atoms with E-state index in [0.29, 0.717) is 13.0 Å². The van der Waals surface area contributed by atoms with Gasteiger partial charge in [-0.2, -0.15) is 0 Å². The Labute approximate surface area is 111 Å². The molecule has 0 spiro atoms. The molecule has 0 bridgehead atoms. The Morgan fingerprint density at radius 1 is 1.42 bits per heavy atom. The predicted octanol–water partition coefficient (Wildman–Crippen LogP) is -2.70. The highest BCUT2D eigenvalue weighted by Crippen LogP contribution is 2.22. The van der Waals surface area contributed by atoms with Crippen molar-refractivity contribution >= 4 is 5.91 Å². The SMILES string of the molecule is CC(=O)NC1C(O)[C@H](O)C(CO)O[C@H]1OCCCN. The molecule has 6 N–H and O–H groups in total. The quantitative estimate of drug-likeness (QED) is 0.334. The summed E-state index contributed by atoms with van der Waals surface area (Å²) in [4.78, 5) is 11.1. The molecule has 8 nitrogen and oxygen atoms in total. The largest absolute Gasteiger partial charge is 0.394 e. The van der Waals surface area contributed by atoms with Crippen LogP contribution in [0, 0.1) is 0 Å². The minimum Gasteiger partial charge on any atom is -0.394 e. The highest BCUT2D eigenvalue weighted by Gasteiger charge is 2.45. The maximum atomic E-state index is 11.1. The van der Waals surface area contributed by atoms with Crippen molar-refractivity contribution in [1.82, 2.24) is 5.32 Å². The van der Waals surface area contributed by atoms with Gasteiger partial charge in [0.1, 0.15) is 24.4 Å². The minimum absolute atomic E-state index is 0.290. The average Bonchev–Trinajstić information content (AvgIpc) is 2.37. The maximum absolute atomic E-state index is 11.1. The van der Waals surface area contributed by atoms with Crippen molar-refractivity contribution < 1.29 is 29.6 Å². The molecule has 1 fully saturated rings. The van der Waals surface area contributed by atoms with Gasteiger partial charge in [0.05, 0.1) is 13.2 Å². The third kappa shape index (κ3) is 4.37. The van der Waals surface area contributed by atoms with Crippen LogP contribution in [0.5, 0.6) is 0 Å². The van der Waals surface area contributed by atoms with Crippen LogP contribution in [-0.2, 0) is 14.3 Å². The van der Waals surface area contributed by atoms with Crippen LogP contribution in [-0.4, -0.2) is 71.6 Å². The standard InChI is InChI=1S/C11H22N2O6/c1-6(15)13-8-10(17)9(16)7(5-14)19-11(8)18-4-2-3-12/h7-11,14,16-17H,2-5,12H2,1H3,(H,13,15)/t7?,8?,9-,10?,11-/m1/s1. The van der Waals surface area contributed by atoms with Crippen LogP contribution in [0.1, 0.15) is 13.3 Å². The molecule has 3 unspecified atom stereocenters. The topological polar surface area (TPSA) is 134 Å². The summed E-state index contributed by atoms with van der Waals surface area (Å²) in [7, 11) is 0. The number of hydrogen-bond acceptors (Lipinski definition) is 7. The Morgan fingerprint density at radius 3 is 2.63 bits per heavy atom. The van der Waals surface area contributed by atoms with E-state index in [4.69, 9.17) is 20.3 Å². The van der Waals surface area contributed by atoms with E-state index in [1.807, 2.05) is 0 Å². The lowest BCUT2D eigenvalue weighted by Crippen LogP contribution is -2.64. The summed E-state index contributed by atoms with van der Waals surface area (Å²) < 4.78 is 10.7. The van der Waals surface area contributed by atoms with E-state index >= 15 is 0 Å². The summed E-state index contributed by atoms with van der Waals surface area (Å²) in [6.07, 6.45) is -3.88. The van der Waals surface area contributed by atoms with E-state index in [1.165, 1.54) is 6.92 Å². The molecular formula is C11H22N2O6. The molecule has 1 aliphatic heterocycles. The molecule has 1 saturated heterocycles. The number of aliphatic hydroxyl groups is 3. The number of amides is 1. The summed E-state index contributed by atoms with van der Waals surface area (Å²) >= 11 is 0. The van der Waals surface area contributed by atoms with Gasteiger partial charge in [-0.1, -0.05) is 0 Å². The van der Waals surface area contributed by atoms with Crippen molar-refractivity contribution in [2.75, 3.05) is 19.8 Å². The number of carbonyl (C=O) groups excluding carboxylic acids is 1. The Hall–Kier alpha value is -0.770. The molecule has 0 aromatic rings. The monoisotopic (exact) mass is 278 g/mol. The van der Waals surface area contributed by atoms with Crippen molar-refractivity contribution in [2.24, 2.45) is 5.73 Å². The zero-order valence-corrected chi connectivity index (χ0v) is 10.9. The molecule has 0 aromatic carbocycles. The number of ether oxygens (including phenoxy) is 2. The molecule has 0 saturated carbocycles. The summed E-state index contributed by atoms with van der Waals surface area (Å²) in [6, 6.07) is -0.895. The summed E-state index contributed by atoms with van der Waals surface area (Å²) in [6.45, 7) is 1.56. The first-order valence-corrected chi connectivity index (χ1v) is 6.22. The Kier molecular flexibility index (Phi) is 6.63. The summed E-state index contributed by atoms with van der Waals surface area (Å²) in [5, 5.41) is 31.3. The highest BCUT2D eigenvalue weighted by molar-refractivity contribution is 5.73. The summed E-state index contributed by atoms with van der Waals surface area (Å²) in [5.74, 6) is -0.380. The fourth-order valence-electron chi connectivity index (χ4n) is 1.90. The lowest BCUT2D eigenvalue weighted by Gasteiger charge is -2.42. The van der Waals surface area contributed by atoms with E-state index in [9.17, 15) is 15.0 Å². The van der Waals surface area contributed by atoms with Crippen LogP contribution in [0.15, 0.2) is 0 Å². The number of hydrogen-bond donors (Lipinski definition) is 5. The second-order valence-corrected chi connectivity index (χ2v) is 4.45. The molecule has 0 aromatic heterocycles. The highest BCUT2D eigenvalue weighted by atomic mass is 16.7. The van der Waals surface area contributed by atoms with Crippen LogP contribution in [0.25, 0.3) is 0 Å². The van der Waals surface area contributed by atoms with E-state index in [-0.39, 0.29) is 12.5 Å². The third-order valence-corrected chi connectivity index (χ3v) is 2.88. The second-order valence-electron chi connectivity index (χ2n) is 4.45. The lowest BCUT2D eigenvalue weighted by molar-refractivity contribution is -0.270. The van der Waals surface area contributed by atoms with E-state index in [1.54, 1.807) is 0 Å². The van der Waals surface area contributed by atoms with Gasteiger partial charge in [-0.05, 0) is 13.0 Å². The van der Waals surface area contributed by atoms with Crippen molar-refractivity contribution in [1.29, 1.82) is 0 Å². The number of carbonyl (C=O) groups is 1. The molecule has 5 atom stereocenters. The van der Waals surface area contributed by atoms with Gasteiger partial charge in [-0.3, -0.25) is 4.79 Å². The van der Waals surface area contributed by atoms with Crippen molar-refractivity contribution in [3.63, 3.8) is 0 Å². The molecule has 0 radical (unpaired) electrons. The zero-order chi connectivity index (χ0) is 14.4. The minimum atomic E-state index is -1.30. The van der Waals surface area contributed by atoms with Crippen LogP contribution in [0.2, 0.25) is 0 Å². The lowest BCUT2D eigenvalue weighted by atomic mass is 9.97. The smallest absolute Gasteiger partial charge is 0.217 e. The van der Waals surface area contributed by atoms with Crippen LogP contribution in [0.3, 0.4) is 0 Å². The number of nitrogens with two attached hydrogens (primary N) is 1. The normalized spacial score (nSPS) is 35.1. The molecule has 1 rings (SSSR count). The average molecular weight is 278 g/mol. The van der Waals surface area contributed by atoms with Gasteiger partial charge in [-0.15, -0.1) is 0 Å². The van der Waals surface area contributed by atoms with E-state index in [2.05, 4.69) is 5.32 Å². The van der Waals surface area contributed by atoms with Gasteiger partial charge < -0.3 is 35.8 Å². The molecule has 8 heteroatoms. The van der Waals surface area contributed by atoms with Crippen molar-refractivity contribution in [3.8, 4) is 0 Å². The molecule has 19 heavy (non-hydrogen) atoms. The molecule has 0 aliphatic carbocycles. The van der Waals surface area contributed by atoms with Gasteiger partial charge in [0.25, 0.3) is 0 Å². The van der Waals surface area contributed by atoms with Crippen LogP contribution in [0.4, 0.5) is 0 Å². The Bertz CT molecular complexity index is 290. The molecular weight excluding hydrogens is 256 g/mol. The predicted molar refractivity (Wildman–Crippen MR) is 65.0 cm³/mol. The second kappa shape index (κ2) is 7.73. The molecule has 112 valence electrons. The van der Waals surface area contributed by atoms with Gasteiger partial charge in [0.2, 0.25) is 5.91 Å². The molecule has 1 amide bonds. The van der Waals surface area contributed by atoms with Gasteiger partial charge >= 0.3 is 0 Å². The van der Waals surface area contributed by atoms with Gasteiger partial charge in [-0.25, -0.2) is 0 Å². The molecule has 1 heterocycles.